The van der Waals surface area contributed by atoms with E-state index in [0.29, 0.717) is 16.9 Å². The molecule has 156 valence electrons. The van der Waals surface area contributed by atoms with Gasteiger partial charge in [0.05, 0.1) is 17.6 Å². The van der Waals surface area contributed by atoms with E-state index in [0.717, 1.165) is 33.5 Å². The molecule has 0 saturated heterocycles. The first-order valence-electron chi connectivity index (χ1n) is 9.92. The van der Waals surface area contributed by atoms with Crippen molar-refractivity contribution < 1.29 is 9.59 Å². The molecular weight excluding hydrogens is 390 g/mol. The molecule has 7 heteroatoms. The molecule has 0 aliphatic rings. The molecular formula is C24H23N5O2. The third-order valence-electron chi connectivity index (χ3n) is 5.11. The molecule has 2 amide bonds. The van der Waals surface area contributed by atoms with E-state index in [-0.39, 0.29) is 18.4 Å². The molecule has 5 N–H and O–H groups in total. The fourth-order valence-electron chi connectivity index (χ4n) is 3.29. The zero-order chi connectivity index (χ0) is 22.0. The fourth-order valence-corrected chi connectivity index (χ4v) is 3.29. The molecule has 0 spiro atoms. The molecule has 0 saturated carbocycles. The summed E-state index contributed by atoms with van der Waals surface area (Å²) in [5, 5.41) is 5.68. The Morgan fingerprint density at radius 2 is 1.65 bits per heavy atom. The lowest BCUT2D eigenvalue weighted by atomic mass is 10.1. The van der Waals surface area contributed by atoms with Crippen LogP contribution in [0.15, 0.2) is 60.7 Å². The minimum absolute atomic E-state index is 0.121. The number of nitrogens with two attached hydrogens (primary N) is 1. The summed E-state index contributed by atoms with van der Waals surface area (Å²) < 4.78 is 0. The number of para-hydroxylation sites is 2. The summed E-state index contributed by atoms with van der Waals surface area (Å²) in [6.07, 6.45) is 0. The molecule has 31 heavy (non-hydrogen) atoms. The standard InChI is InChI=1S/C24H23N5O2/c1-14-8-10-17(12-20(14)26-22(30)13-25)24(31)29-21-11-16(9-7-15(21)2)23-27-18-5-3-4-6-19(18)28-23/h3-12H,13,25H2,1-2H3,(H,26,30)(H,27,28)(H,29,31). The van der Waals surface area contributed by atoms with Crippen LogP contribution in [-0.4, -0.2) is 28.3 Å². The normalized spacial score (nSPS) is 10.8. The molecule has 4 rings (SSSR count). The molecule has 0 radical (unpaired) electrons. The number of H-pyrrole nitrogens is 1. The molecule has 0 atom stereocenters. The van der Waals surface area contributed by atoms with Gasteiger partial charge in [-0.05, 0) is 55.3 Å². The maximum Gasteiger partial charge on any atom is 0.255 e. The van der Waals surface area contributed by atoms with Gasteiger partial charge in [0.1, 0.15) is 5.82 Å². The van der Waals surface area contributed by atoms with E-state index < -0.39 is 0 Å². The van der Waals surface area contributed by atoms with Crippen LogP contribution in [0.1, 0.15) is 21.5 Å². The monoisotopic (exact) mass is 413 g/mol. The molecule has 3 aromatic carbocycles. The summed E-state index contributed by atoms with van der Waals surface area (Å²) in [5.41, 5.74) is 11.6. The van der Waals surface area contributed by atoms with Crippen molar-refractivity contribution in [2.45, 2.75) is 13.8 Å². The van der Waals surface area contributed by atoms with Crippen molar-refractivity contribution in [2.75, 3.05) is 17.2 Å². The number of carbonyl (C=O) groups excluding carboxylic acids is 2. The van der Waals surface area contributed by atoms with E-state index in [1.54, 1.807) is 18.2 Å². The average molecular weight is 413 g/mol. The number of aromatic amines is 1. The van der Waals surface area contributed by atoms with Crippen LogP contribution in [0, 0.1) is 13.8 Å². The summed E-state index contributed by atoms with van der Waals surface area (Å²) in [4.78, 5) is 32.5. The van der Waals surface area contributed by atoms with E-state index in [1.165, 1.54) is 0 Å². The van der Waals surface area contributed by atoms with Gasteiger partial charge in [-0.1, -0.05) is 30.3 Å². The second-order valence-electron chi connectivity index (χ2n) is 7.37. The molecule has 0 fully saturated rings. The van der Waals surface area contributed by atoms with E-state index in [4.69, 9.17) is 5.73 Å². The van der Waals surface area contributed by atoms with Crippen molar-refractivity contribution in [3.63, 3.8) is 0 Å². The lowest BCUT2D eigenvalue weighted by molar-refractivity contribution is -0.114. The Balaban J connectivity index is 1.60. The molecule has 0 aliphatic heterocycles. The average Bonchev–Trinajstić information content (AvgIpc) is 3.21. The maximum absolute atomic E-state index is 12.9. The number of carbonyl (C=O) groups is 2. The van der Waals surface area contributed by atoms with Gasteiger partial charge in [-0.2, -0.15) is 0 Å². The summed E-state index contributed by atoms with van der Waals surface area (Å²) in [5.74, 6) is 0.155. The van der Waals surface area contributed by atoms with Gasteiger partial charge in [0, 0.05) is 22.5 Å². The van der Waals surface area contributed by atoms with Crippen LogP contribution in [0.3, 0.4) is 0 Å². The van der Waals surface area contributed by atoms with E-state index in [9.17, 15) is 9.59 Å². The van der Waals surface area contributed by atoms with Gasteiger partial charge < -0.3 is 21.4 Å². The summed E-state index contributed by atoms with van der Waals surface area (Å²) in [6.45, 7) is 3.67. The largest absolute Gasteiger partial charge is 0.338 e. The maximum atomic E-state index is 12.9. The van der Waals surface area contributed by atoms with E-state index in [1.807, 2.05) is 56.3 Å². The summed E-state index contributed by atoms with van der Waals surface area (Å²) >= 11 is 0. The van der Waals surface area contributed by atoms with Gasteiger partial charge in [-0.15, -0.1) is 0 Å². The van der Waals surface area contributed by atoms with Crippen molar-refractivity contribution in [1.82, 2.24) is 9.97 Å². The number of hydrogen-bond donors (Lipinski definition) is 4. The third kappa shape index (κ3) is 4.31. The smallest absolute Gasteiger partial charge is 0.255 e. The number of nitrogens with zero attached hydrogens (tertiary/aromatic N) is 1. The number of aryl methyl sites for hydroxylation is 2. The molecule has 0 bridgehead atoms. The Hall–Kier alpha value is -3.97. The Morgan fingerprint density at radius 3 is 2.39 bits per heavy atom. The van der Waals surface area contributed by atoms with Gasteiger partial charge in [0.25, 0.3) is 5.91 Å². The summed E-state index contributed by atoms with van der Waals surface area (Å²) in [6, 6.07) is 18.8. The van der Waals surface area contributed by atoms with Crippen molar-refractivity contribution in [1.29, 1.82) is 0 Å². The number of amides is 2. The molecule has 7 nitrogen and oxygen atoms in total. The van der Waals surface area contributed by atoms with E-state index in [2.05, 4.69) is 20.6 Å². The number of anilines is 2. The van der Waals surface area contributed by atoms with Crippen LogP contribution in [0.2, 0.25) is 0 Å². The van der Waals surface area contributed by atoms with Gasteiger partial charge in [-0.25, -0.2) is 4.98 Å². The quantitative estimate of drug-likeness (QED) is 0.396. The van der Waals surface area contributed by atoms with Crippen LogP contribution in [0.25, 0.3) is 22.4 Å². The highest BCUT2D eigenvalue weighted by molar-refractivity contribution is 6.06. The SMILES string of the molecule is Cc1ccc(C(=O)Nc2cc(-c3nc4ccccc4[nH]3)ccc2C)cc1NC(=O)CN. The summed E-state index contributed by atoms with van der Waals surface area (Å²) in [7, 11) is 0. The van der Waals surface area contributed by atoms with Gasteiger partial charge in [0.15, 0.2) is 0 Å². The number of fused-ring (bicyclic) bond motifs is 1. The number of rotatable bonds is 5. The Kier molecular flexibility index (Phi) is 5.51. The number of aromatic nitrogens is 2. The Morgan fingerprint density at radius 1 is 0.935 bits per heavy atom. The topological polar surface area (TPSA) is 113 Å². The fraction of sp³-hybridized carbons (Fsp3) is 0.125. The van der Waals surface area contributed by atoms with Gasteiger partial charge >= 0.3 is 0 Å². The van der Waals surface area contributed by atoms with Gasteiger partial charge in [0.2, 0.25) is 5.91 Å². The van der Waals surface area contributed by atoms with Crippen LogP contribution in [0.5, 0.6) is 0 Å². The first-order valence-corrected chi connectivity index (χ1v) is 9.92. The minimum atomic E-state index is -0.310. The molecule has 0 aliphatic carbocycles. The van der Waals surface area contributed by atoms with Crippen LogP contribution in [-0.2, 0) is 4.79 Å². The number of hydrogen-bond acceptors (Lipinski definition) is 4. The second-order valence-corrected chi connectivity index (χ2v) is 7.37. The highest BCUT2D eigenvalue weighted by Crippen LogP contribution is 2.26. The zero-order valence-electron chi connectivity index (χ0n) is 17.3. The highest BCUT2D eigenvalue weighted by atomic mass is 16.2. The lowest BCUT2D eigenvalue weighted by Crippen LogP contribution is -2.22. The van der Waals surface area contributed by atoms with Crippen LogP contribution >= 0.6 is 0 Å². The number of nitrogens with one attached hydrogen (secondary N) is 3. The van der Waals surface area contributed by atoms with Crippen LogP contribution in [0.4, 0.5) is 11.4 Å². The zero-order valence-corrected chi connectivity index (χ0v) is 17.3. The minimum Gasteiger partial charge on any atom is -0.338 e. The first-order chi connectivity index (χ1) is 14.9. The van der Waals surface area contributed by atoms with E-state index >= 15 is 0 Å². The Bertz CT molecular complexity index is 1260. The highest BCUT2D eigenvalue weighted by Gasteiger charge is 2.13. The third-order valence-corrected chi connectivity index (χ3v) is 5.11. The van der Waals surface area contributed by atoms with Crippen molar-refractivity contribution in [3.8, 4) is 11.4 Å². The van der Waals surface area contributed by atoms with Crippen LogP contribution < -0.4 is 16.4 Å². The molecule has 1 heterocycles. The molecule has 0 unspecified atom stereocenters. The number of imidazole rings is 1. The number of benzene rings is 3. The molecule has 4 aromatic rings. The van der Waals surface area contributed by atoms with Gasteiger partial charge in [-0.3, -0.25) is 9.59 Å². The lowest BCUT2D eigenvalue weighted by Gasteiger charge is -2.12. The first kappa shape index (κ1) is 20.3. The predicted octanol–water partition coefficient (Wildman–Crippen LogP) is 4.00. The van der Waals surface area contributed by atoms with Crippen molar-refractivity contribution in [3.05, 3.63) is 77.4 Å². The van der Waals surface area contributed by atoms with Crippen molar-refractivity contribution >= 4 is 34.2 Å². The second kappa shape index (κ2) is 8.41. The predicted molar refractivity (Wildman–Crippen MR) is 123 cm³/mol. The molecule has 1 aromatic heterocycles. The van der Waals surface area contributed by atoms with Crippen molar-refractivity contribution in [2.24, 2.45) is 5.73 Å². The Labute approximate surface area is 179 Å².